The van der Waals surface area contributed by atoms with Crippen LogP contribution in [-0.4, -0.2) is 44.7 Å². The molecule has 0 bridgehead atoms. The number of aliphatic hydroxyl groups is 1. The number of pyridine rings is 1. The first kappa shape index (κ1) is 23.9. The van der Waals surface area contributed by atoms with Crippen molar-refractivity contribution in [3.8, 4) is 0 Å². The van der Waals surface area contributed by atoms with Crippen LogP contribution in [0.4, 0.5) is 13.2 Å². The lowest BCUT2D eigenvalue weighted by Gasteiger charge is -2.30. The summed E-state index contributed by atoms with van der Waals surface area (Å²) in [5, 5.41) is 10.9. The van der Waals surface area contributed by atoms with Gasteiger partial charge < -0.3 is 14.6 Å². The average molecular weight is 500 g/mol. The maximum Gasteiger partial charge on any atom is 0.433 e. The normalized spacial score (nSPS) is 15.5. The van der Waals surface area contributed by atoms with Gasteiger partial charge in [-0.05, 0) is 55.2 Å². The monoisotopic (exact) mass is 499 g/mol. The lowest BCUT2D eigenvalue weighted by atomic mass is 10.0. The number of nitrogens with zero attached hydrogens (tertiary/aromatic N) is 3. The molecular formula is C23H22Cl2F3N3O2. The second-order valence-electron chi connectivity index (χ2n) is 8.34. The first-order chi connectivity index (χ1) is 15.5. The van der Waals surface area contributed by atoms with E-state index in [1.165, 1.54) is 0 Å². The van der Waals surface area contributed by atoms with Gasteiger partial charge in [0.1, 0.15) is 11.3 Å². The number of hydrogen-bond acceptors (Lipinski definition) is 3. The van der Waals surface area contributed by atoms with E-state index in [2.05, 4.69) is 4.98 Å². The number of rotatable bonds is 3. The predicted molar refractivity (Wildman–Crippen MR) is 121 cm³/mol. The van der Waals surface area contributed by atoms with E-state index in [1.54, 1.807) is 41.6 Å². The van der Waals surface area contributed by atoms with Crippen LogP contribution in [0.5, 0.6) is 0 Å². The van der Waals surface area contributed by atoms with Crippen molar-refractivity contribution >= 4 is 40.1 Å². The molecule has 176 valence electrons. The Morgan fingerprint density at radius 2 is 1.88 bits per heavy atom. The SMILES string of the molecule is Cc1cc(C(F)(F)F)nc2c1cc(Cc1c(Cl)ccc(C(=O)N3CCC(O)CC3)c1Cl)n2C. The number of aromatic nitrogens is 2. The van der Waals surface area contributed by atoms with Gasteiger partial charge in [0.15, 0.2) is 0 Å². The first-order valence-corrected chi connectivity index (χ1v) is 11.2. The van der Waals surface area contributed by atoms with Gasteiger partial charge in [0.05, 0.1) is 16.7 Å². The minimum absolute atomic E-state index is 0.212. The Hall–Kier alpha value is -2.29. The summed E-state index contributed by atoms with van der Waals surface area (Å²) in [6, 6.07) is 5.97. The minimum atomic E-state index is -4.55. The van der Waals surface area contributed by atoms with Crippen molar-refractivity contribution in [2.45, 2.75) is 38.5 Å². The van der Waals surface area contributed by atoms with E-state index in [-0.39, 0.29) is 23.0 Å². The van der Waals surface area contributed by atoms with Crippen molar-refractivity contribution in [2.24, 2.45) is 7.05 Å². The molecule has 10 heteroatoms. The maximum absolute atomic E-state index is 13.2. The van der Waals surface area contributed by atoms with Crippen molar-refractivity contribution in [3.63, 3.8) is 0 Å². The van der Waals surface area contributed by atoms with E-state index in [0.717, 1.165) is 6.07 Å². The molecule has 0 atom stereocenters. The molecule has 1 N–H and O–H groups in total. The van der Waals surface area contributed by atoms with E-state index < -0.39 is 18.0 Å². The number of fused-ring (bicyclic) bond motifs is 1. The minimum Gasteiger partial charge on any atom is -0.393 e. The second kappa shape index (κ2) is 8.81. The summed E-state index contributed by atoms with van der Waals surface area (Å²) in [6.45, 7) is 2.48. The zero-order valence-electron chi connectivity index (χ0n) is 18.0. The number of carbonyl (C=O) groups excluding carboxylic acids is 1. The maximum atomic E-state index is 13.2. The van der Waals surface area contributed by atoms with Gasteiger partial charge in [0, 0.05) is 42.7 Å². The molecule has 0 unspecified atom stereocenters. The number of piperidine rings is 1. The molecule has 1 aliphatic heterocycles. The molecule has 4 rings (SSSR count). The van der Waals surface area contributed by atoms with Crippen LogP contribution in [0.15, 0.2) is 24.3 Å². The number of carbonyl (C=O) groups is 1. The molecule has 1 aromatic carbocycles. The van der Waals surface area contributed by atoms with Crippen LogP contribution in [0.1, 0.15) is 45.7 Å². The van der Waals surface area contributed by atoms with Gasteiger partial charge in [-0.3, -0.25) is 4.79 Å². The summed E-state index contributed by atoms with van der Waals surface area (Å²) in [7, 11) is 1.64. The highest BCUT2D eigenvalue weighted by molar-refractivity contribution is 6.38. The molecule has 33 heavy (non-hydrogen) atoms. The van der Waals surface area contributed by atoms with Crippen molar-refractivity contribution < 1.29 is 23.1 Å². The number of aliphatic hydroxyl groups excluding tert-OH is 1. The number of aryl methyl sites for hydroxylation is 2. The average Bonchev–Trinajstić information content (AvgIpc) is 3.07. The molecule has 0 radical (unpaired) electrons. The Bertz CT molecular complexity index is 1230. The first-order valence-electron chi connectivity index (χ1n) is 10.4. The molecule has 2 aromatic heterocycles. The van der Waals surface area contributed by atoms with Gasteiger partial charge in [-0.1, -0.05) is 23.2 Å². The fourth-order valence-electron chi connectivity index (χ4n) is 4.16. The Kier molecular flexibility index (Phi) is 6.37. The third kappa shape index (κ3) is 4.56. The largest absolute Gasteiger partial charge is 0.433 e. The number of likely N-dealkylation sites (tertiary alicyclic amines) is 1. The molecule has 1 fully saturated rings. The fraction of sp³-hybridized carbons (Fsp3) is 0.391. The summed E-state index contributed by atoms with van der Waals surface area (Å²) in [5.74, 6) is -0.241. The third-order valence-electron chi connectivity index (χ3n) is 6.12. The van der Waals surface area contributed by atoms with Gasteiger partial charge >= 0.3 is 6.18 Å². The van der Waals surface area contributed by atoms with Crippen LogP contribution < -0.4 is 0 Å². The van der Waals surface area contributed by atoms with Crippen LogP contribution in [0.2, 0.25) is 10.0 Å². The van der Waals surface area contributed by atoms with Crippen LogP contribution in [-0.2, 0) is 19.6 Å². The number of amides is 1. The molecule has 3 heterocycles. The van der Waals surface area contributed by atoms with Crippen molar-refractivity contribution in [3.05, 3.63) is 62.4 Å². The van der Waals surface area contributed by atoms with Gasteiger partial charge in [0.25, 0.3) is 5.91 Å². The Labute approximate surface area is 198 Å². The quantitative estimate of drug-likeness (QED) is 0.525. The lowest BCUT2D eigenvalue weighted by Crippen LogP contribution is -2.40. The molecule has 0 spiro atoms. The number of hydrogen-bond donors (Lipinski definition) is 1. The van der Waals surface area contributed by atoms with Crippen molar-refractivity contribution in [2.75, 3.05) is 13.1 Å². The van der Waals surface area contributed by atoms with E-state index in [0.29, 0.717) is 58.7 Å². The highest BCUT2D eigenvalue weighted by Gasteiger charge is 2.33. The summed E-state index contributed by atoms with van der Waals surface area (Å²) >= 11 is 13.0. The van der Waals surface area contributed by atoms with Crippen molar-refractivity contribution in [1.29, 1.82) is 0 Å². The Morgan fingerprint density at radius 3 is 2.52 bits per heavy atom. The zero-order chi connectivity index (χ0) is 24.1. The van der Waals surface area contributed by atoms with Gasteiger partial charge in [-0.2, -0.15) is 13.2 Å². The zero-order valence-corrected chi connectivity index (χ0v) is 19.5. The summed E-state index contributed by atoms with van der Waals surface area (Å²) in [4.78, 5) is 18.5. The third-order valence-corrected chi connectivity index (χ3v) is 6.91. The molecule has 1 aliphatic rings. The van der Waals surface area contributed by atoms with Gasteiger partial charge in [-0.25, -0.2) is 4.98 Å². The van der Waals surface area contributed by atoms with E-state index in [4.69, 9.17) is 23.2 Å². The molecule has 0 aliphatic carbocycles. The molecule has 0 saturated carbocycles. The van der Waals surface area contributed by atoms with Crippen LogP contribution in [0.25, 0.3) is 11.0 Å². The smallest absolute Gasteiger partial charge is 0.393 e. The predicted octanol–water partition coefficient (Wildman–Crippen LogP) is 5.40. The molecular weight excluding hydrogens is 478 g/mol. The van der Waals surface area contributed by atoms with Crippen LogP contribution in [0, 0.1) is 6.92 Å². The van der Waals surface area contributed by atoms with E-state index >= 15 is 0 Å². The molecule has 5 nitrogen and oxygen atoms in total. The highest BCUT2D eigenvalue weighted by Crippen LogP contribution is 2.35. The summed E-state index contributed by atoms with van der Waals surface area (Å²) < 4.78 is 41.3. The number of halogens is 5. The van der Waals surface area contributed by atoms with Crippen LogP contribution >= 0.6 is 23.2 Å². The molecule has 3 aromatic rings. The van der Waals surface area contributed by atoms with E-state index in [1.807, 2.05) is 0 Å². The summed E-state index contributed by atoms with van der Waals surface area (Å²) in [5.41, 5.74) is 1.21. The van der Waals surface area contributed by atoms with Gasteiger partial charge in [-0.15, -0.1) is 0 Å². The summed E-state index contributed by atoms with van der Waals surface area (Å²) in [6.07, 6.45) is -3.73. The van der Waals surface area contributed by atoms with Crippen LogP contribution in [0.3, 0.4) is 0 Å². The fourth-order valence-corrected chi connectivity index (χ4v) is 4.74. The standard InChI is InChI=1S/C23H22Cl2F3N3O2/c1-12-9-19(23(26,27)28)29-21-16(12)10-13(30(21)2)11-17-18(24)4-3-15(20(17)25)22(33)31-7-5-14(32)6-8-31/h3-4,9-10,14,32H,5-8,11H2,1-2H3. The number of alkyl halides is 3. The lowest BCUT2D eigenvalue weighted by molar-refractivity contribution is -0.141. The topological polar surface area (TPSA) is 58.4 Å². The highest BCUT2D eigenvalue weighted by atomic mass is 35.5. The van der Waals surface area contributed by atoms with Gasteiger partial charge in [0.2, 0.25) is 0 Å². The Balaban J connectivity index is 1.71. The molecule has 1 saturated heterocycles. The van der Waals surface area contributed by atoms with E-state index in [9.17, 15) is 23.1 Å². The number of benzene rings is 1. The second-order valence-corrected chi connectivity index (χ2v) is 9.13. The molecule has 1 amide bonds. The Morgan fingerprint density at radius 1 is 1.21 bits per heavy atom. The van der Waals surface area contributed by atoms with Crippen molar-refractivity contribution in [1.82, 2.24) is 14.5 Å².